The number of carbonyl (C=O) groups excluding carboxylic acids is 1. The minimum Gasteiger partial charge on any atom is -0.435 e. The van der Waals surface area contributed by atoms with Crippen LogP contribution in [0.4, 0.5) is 14.5 Å². The molecule has 0 atom stereocenters. The van der Waals surface area contributed by atoms with E-state index < -0.39 is 12.0 Å². The maximum absolute atomic E-state index is 12.3. The van der Waals surface area contributed by atoms with E-state index in [0.29, 0.717) is 0 Å². The van der Waals surface area contributed by atoms with Crippen LogP contribution in [0.2, 0.25) is 0 Å². The molecular weight excluding hydrogens is 252 g/mol. The molecule has 5 heteroatoms. The van der Waals surface area contributed by atoms with Crippen molar-refractivity contribution in [2.24, 2.45) is 0 Å². The lowest BCUT2D eigenvalue weighted by Crippen LogP contribution is -2.36. The number of anilines is 1. The van der Waals surface area contributed by atoms with E-state index in [9.17, 15) is 13.6 Å². The lowest BCUT2D eigenvalue weighted by molar-refractivity contribution is -0.121. The van der Waals surface area contributed by atoms with Gasteiger partial charge in [0.05, 0.1) is 5.41 Å². The summed E-state index contributed by atoms with van der Waals surface area (Å²) in [6.45, 7) is -2.84. The van der Waals surface area contributed by atoms with Crippen molar-refractivity contribution in [1.82, 2.24) is 0 Å². The Bertz CT molecular complexity index is 510. The Kier molecular flexibility index (Phi) is 2.92. The summed E-state index contributed by atoms with van der Waals surface area (Å²) in [5.74, 6) is 0.117. The number of amides is 1. The molecule has 1 fully saturated rings. The van der Waals surface area contributed by atoms with Crippen LogP contribution in [-0.2, 0) is 10.2 Å². The maximum Gasteiger partial charge on any atom is 0.387 e. The number of carbonyl (C=O) groups is 1. The molecule has 0 bridgehead atoms. The lowest BCUT2D eigenvalue weighted by atomic mass is 9.70. The van der Waals surface area contributed by atoms with Gasteiger partial charge in [0.15, 0.2) is 0 Å². The van der Waals surface area contributed by atoms with E-state index in [1.165, 1.54) is 6.07 Å². The van der Waals surface area contributed by atoms with Gasteiger partial charge in [0.1, 0.15) is 5.75 Å². The van der Waals surface area contributed by atoms with Crippen molar-refractivity contribution in [3.8, 4) is 5.75 Å². The topological polar surface area (TPSA) is 38.3 Å². The zero-order valence-corrected chi connectivity index (χ0v) is 10.4. The van der Waals surface area contributed by atoms with Gasteiger partial charge in [-0.25, -0.2) is 0 Å². The van der Waals surface area contributed by atoms with Crippen molar-refractivity contribution < 1.29 is 18.3 Å². The third-order valence-electron chi connectivity index (χ3n) is 4.12. The van der Waals surface area contributed by atoms with Crippen molar-refractivity contribution >= 4 is 11.6 Å². The predicted octanol–water partition coefficient (Wildman–Crippen LogP) is 3.44. The van der Waals surface area contributed by atoms with E-state index >= 15 is 0 Å². The molecule has 3 nitrogen and oxygen atoms in total. The van der Waals surface area contributed by atoms with Gasteiger partial charge in [0.2, 0.25) is 5.91 Å². The smallest absolute Gasteiger partial charge is 0.387 e. The molecule has 1 aromatic carbocycles. The van der Waals surface area contributed by atoms with Gasteiger partial charge in [-0.15, -0.1) is 0 Å². The molecule has 1 heterocycles. The van der Waals surface area contributed by atoms with Crippen LogP contribution in [0.15, 0.2) is 18.2 Å². The van der Waals surface area contributed by atoms with Gasteiger partial charge in [-0.05, 0) is 36.6 Å². The molecule has 1 amide bonds. The molecule has 0 radical (unpaired) electrons. The van der Waals surface area contributed by atoms with E-state index in [1.807, 2.05) is 0 Å². The van der Waals surface area contributed by atoms with E-state index in [2.05, 4.69) is 10.1 Å². The standard InChI is InChI=1S/C14H15F2NO2/c15-13(16)19-9-4-5-11-10(8-9)14(12(18)17-11)6-2-1-3-7-14/h4-5,8,13H,1-3,6-7H2,(H,17,18). The number of halogens is 2. The first-order chi connectivity index (χ1) is 9.12. The summed E-state index contributed by atoms with van der Waals surface area (Å²) in [6.07, 6.45) is 4.67. The number of hydrogen-bond donors (Lipinski definition) is 1. The summed E-state index contributed by atoms with van der Waals surface area (Å²) in [5.41, 5.74) is 1.01. The highest BCUT2D eigenvalue weighted by atomic mass is 19.3. The molecule has 1 saturated carbocycles. The minimum atomic E-state index is -2.84. The molecule has 2 aliphatic rings. The second-order valence-corrected chi connectivity index (χ2v) is 5.18. The summed E-state index contributed by atoms with van der Waals surface area (Å²) in [7, 11) is 0. The molecule has 19 heavy (non-hydrogen) atoms. The monoisotopic (exact) mass is 267 g/mol. The summed E-state index contributed by atoms with van der Waals surface area (Å²) in [4.78, 5) is 12.2. The molecule has 3 rings (SSSR count). The Balaban J connectivity index is 2.00. The van der Waals surface area contributed by atoms with Gasteiger partial charge in [0.25, 0.3) is 0 Å². The molecule has 1 aliphatic heterocycles. The van der Waals surface area contributed by atoms with Crippen LogP contribution in [0.3, 0.4) is 0 Å². The molecule has 1 aromatic rings. The average molecular weight is 267 g/mol. The average Bonchev–Trinajstić information content (AvgIpc) is 2.64. The molecule has 1 aliphatic carbocycles. The molecule has 1 spiro atoms. The zero-order valence-electron chi connectivity index (χ0n) is 10.4. The summed E-state index contributed by atoms with van der Waals surface area (Å²) >= 11 is 0. The molecule has 1 N–H and O–H groups in total. The van der Waals surface area contributed by atoms with Crippen molar-refractivity contribution in [2.75, 3.05) is 5.32 Å². The van der Waals surface area contributed by atoms with Crippen LogP contribution in [0.1, 0.15) is 37.7 Å². The Labute approximate surface area is 109 Å². The molecule has 0 aromatic heterocycles. The fourth-order valence-corrected chi connectivity index (χ4v) is 3.22. The van der Waals surface area contributed by atoms with E-state index in [4.69, 9.17) is 0 Å². The van der Waals surface area contributed by atoms with Crippen LogP contribution in [-0.4, -0.2) is 12.5 Å². The Morgan fingerprint density at radius 2 is 1.95 bits per heavy atom. The highest BCUT2D eigenvalue weighted by Gasteiger charge is 2.47. The van der Waals surface area contributed by atoms with E-state index in [1.54, 1.807) is 12.1 Å². The zero-order chi connectivity index (χ0) is 13.5. The summed E-state index contributed by atoms with van der Waals surface area (Å²) < 4.78 is 29.0. The number of hydrogen-bond acceptors (Lipinski definition) is 2. The van der Waals surface area contributed by atoms with Gasteiger partial charge < -0.3 is 10.1 Å². The van der Waals surface area contributed by atoms with Crippen LogP contribution in [0.5, 0.6) is 5.75 Å². The fourth-order valence-electron chi connectivity index (χ4n) is 3.22. The SMILES string of the molecule is O=C1Nc2ccc(OC(F)F)cc2C12CCCCC2. The number of rotatable bonds is 2. The number of fused-ring (bicyclic) bond motifs is 2. The molecule has 0 saturated heterocycles. The quantitative estimate of drug-likeness (QED) is 0.891. The Morgan fingerprint density at radius 1 is 1.21 bits per heavy atom. The lowest BCUT2D eigenvalue weighted by Gasteiger charge is -2.31. The number of nitrogens with one attached hydrogen (secondary N) is 1. The first kappa shape index (κ1) is 12.4. The fraction of sp³-hybridized carbons (Fsp3) is 0.500. The molecular formula is C14H15F2NO2. The molecule has 0 unspecified atom stereocenters. The van der Waals surface area contributed by atoms with Gasteiger partial charge in [-0.3, -0.25) is 4.79 Å². The van der Waals surface area contributed by atoms with Crippen molar-refractivity contribution in [2.45, 2.75) is 44.1 Å². The van der Waals surface area contributed by atoms with Gasteiger partial charge in [-0.1, -0.05) is 19.3 Å². The normalized spacial score (nSPS) is 20.5. The second kappa shape index (κ2) is 4.47. The van der Waals surface area contributed by atoms with Crippen molar-refractivity contribution in [3.63, 3.8) is 0 Å². The van der Waals surface area contributed by atoms with Crippen molar-refractivity contribution in [3.05, 3.63) is 23.8 Å². The summed E-state index contributed by atoms with van der Waals surface area (Å²) in [6, 6.07) is 4.70. The first-order valence-electron chi connectivity index (χ1n) is 6.53. The van der Waals surface area contributed by atoms with E-state index in [0.717, 1.165) is 43.4 Å². The van der Waals surface area contributed by atoms with Gasteiger partial charge >= 0.3 is 6.61 Å². The Hall–Kier alpha value is -1.65. The maximum atomic E-state index is 12.3. The third-order valence-corrected chi connectivity index (χ3v) is 4.12. The molecule has 102 valence electrons. The van der Waals surface area contributed by atoms with Crippen LogP contribution < -0.4 is 10.1 Å². The van der Waals surface area contributed by atoms with E-state index in [-0.39, 0.29) is 11.7 Å². The van der Waals surface area contributed by atoms with Gasteiger partial charge in [0, 0.05) is 5.69 Å². The van der Waals surface area contributed by atoms with Crippen LogP contribution >= 0.6 is 0 Å². The predicted molar refractivity (Wildman–Crippen MR) is 66.5 cm³/mol. The van der Waals surface area contributed by atoms with Gasteiger partial charge in [-0.2, -0.15) is 8.78 Å². The largest absolute Gasteiger partial charge is 0.435 e. The highest BCUT2D eigenvalue weighted by molar-refractivity contribution is 6.06. The number of benzene rings is 1. The number of alkyl halides is 2. The minimum absolute atomic E-state index is 0.00334. The summed E-state index contributed by atoms with van der Waals surface area (Å²) in [5, 5.41) is 2.86. The van der Waals surface area contributed by atoms with Crippen LogP contribution in [0.25, 0.3) is 0 Å². The Morgan fingerprint density at radius 3 is 2.63 bits per heavy atom. The highest BCUT2D eigenvalue weighted by Crippen LogP contribution is 2.48. The van der Waals surface area contributed by atoms with Crippen molar-refractivity contribution in [1.29, 1.82) is 0 Å². The van der Waals surface area contributed by atoms with Crippen LogP contribution in [0, 0.1) is 0 Å². The third kappa shape index (κ3) is 1.97. The number of ether oxygens (including phenoxy) is 1. The first-order valence-corrected chi connectivity index (χ1v) is 6.53. The second-order valence-electron chi connectivity index (χ2n) is 5.18.